The van der Waals surface area contributed by atoms with Gasteiger partial charge in [0.25, 0.3) is 0 Å². The summed E-state index contributed by atoms with van der Waals surface area (Å²) in [5.41, 5.74) is 0.509. The highest BCUT2D eigenvalue weighted by Gasteiger charge is 2.32. The van der Waals surface area contributed by atoms with Crippen LogP contribution in [0.4, 0.5) is 0 Å². The van der Waals surface area contributed by atoms with Crippen molar-refractivity contribution in [2.75, 3.05) is 6.54 Å². The normalized spacial score (nSPS) is 26.7. The molecule has 114 valence electrons. The minimum absolute atomic E-state index is 0.509. The zero-order chi connectivity index (χ0) is 14.5. The monoisotopic (exact) mass is 267 g/mol. The van der Waals surface area contributed by atoms with Crippen molar-refractivity contribution in [3.63, 3.8) is 0 Å². The Bertz CT molecular complexity index is 231. The second kappa shape index (κ2) is 7.67. The van der Waals surface area contributed by atoms with Crippen LogP contribution in [0, 0.1) is 23.2 Å². The van der Waals surface area contributed by atoms with Gasteiger partial charge in [0.2, 0.25) is 0 Å². The topological polar surface area (TPSA) is 12.0 Å². The standard InChI is InChI=1S/C18H37N/c1-7-12-19-17(13-14(2)3)15-8-10-16(11-9-15)18(4,5)6/h14-17,19H,7-13H2,1-6H3. The number of hydrogen-bond donors (Lipinski definition) is 1. The van der Waals surface area contributed by atoms with Crippen molar-refractivity contribution in [3.05, 3.63) is 0 Å². The zero-order valence-electron chi connectivity index (χ0n) is 14.3. The quantitative estimate of drug-likeness (QED) is 0.693. The fraction of sp³-hybridized carbons (Fsp3) is 1.00. The van der Waals surface area contributed by atoms with E-state index in [2.05, 4.69) is 46.9 Å². The molecule has 0 heterocycles. The van der Waals surface area contributed by atoms with Crippen LogP contribution < -0.4 is 5.32 Å². The lowest BCUT2D eigenvalue weighted by atomic mass is 9.68. The molecule has 1 fully saturated rings. The van der Waals surface area contributed by atoms with Crippen molar-refractivity contribution in [1.82, 2.24) is 5.32 Å². The predicted molar refractivity (Wildman–Crippen MR) is 86.4 cm³/mol. The van der Waals surface area contributed by atoms with Crippen LogP contribution in [0.1, 0.15) is 80.1 Å². The molecule has 1 unspecified atom stereocenters. The maximum Gasteiger partial charge on any atom is 0.00977 e. The molecule has 1 nitrogen and oxygen atoms in total. The van der Waals surface area contributed by atoms with Gasteiger partial charge in [-0.25, -0.2) is 0 Å². The highest BCUT2D eigenvalue weighted by Crippen LogP contribution is 2.41. The van der Waals surface area contributed by atoms with E-state index in [1.54, 1.807) is 0 Å². The average Bonchev–Trinajstić information content (AvgIpc) is 2.33. The van der Waals surface area contributed by atoms with Gasteiger partial charge >= 0.3 is 0 Å². The van der Waals surface area contributed by atoms with E-state index in [4.69, 9.17) is 0 Å². The van der Waals surface area contributed by atoms with Crippen LogP contribution >= 0.6 is 0 Å². The molecule has 0 saturated heterocycles. The molecule has 1 rings (SSSR count). The third-order valence-electron chi connectivity index (χ3n) is 4.95. The van der Waals surface area contributed by atoms with Crippen LogP contribution in [0.25, 0.3) is 0 Å². The molecule has 1 aliphatic carbocycles. The van der Waals surface area contributed by atoms with Crippen molar-refractivity contribution < 1.29 is 0 Å². The highest BCUT2D eigenvalue weighted by atomic mass is 14.9. The lowest BCUT2D eigenvalue weighted by Crippen LogP contribution is -2.40. The first-order valence-electron chi connectivity index (χ1n) is 8.58. The van der Waals surface area contributed by atoms with Gasteiger partial charge in [0.15, 0.2) is 0 Å². The Kier molecular flexibility index (Phi) is 6.86. The van der Waals surface area contributed by atoms with E-state index in [0.717, 1.165) is 23.8 Å². The molecular formula is C18H37N. The summed E-state index contributed by atoms with van der Waals surface area (Å²) < 4.78 is 0. The molecule has 19 heavy (non-hydrogen) atoms. The van der Waals surface area contributed by atoms with E-state index in [9.17, 15) is 0 Å². The Morgan fingerprint density at radius 1 is 1.05 bits per heavy atom. The smallest absolute Gasteiger partial charge is 0.00977 e. The van der Waals surface area contributed by atoms with Gasteiger partial charge < -0.3 is 5.32 Å². The van der Waals surface area contributed by atoms with E-state index in [1.165, 1.54) is 45.1 Å². The van der Waals surface area contributed by atoms with Gasteiger partial charge in [-0.3, -0.25) is 0 Å². The van der Waals surface area contributed by atoms with Crippen LogP contribution in [0.3, 0.4) is 0 Å². The summed E-state index contributed by atoms with van der Waals surface area (Å²) in [7, 11) is 0. The molecule has 0 aliphatic heterocycles. The van der Waals surface area contributed by atoms with Crippen molar-refractivity contribution in [2.24, 2.45) is 23.2 Å². The fourth-order valence-corrected chi connectivity index (χ4v) is 3.67. The summed E-state index contributed by atoms with van der Waals surface area (Å²) in [6.07, 6.45) is 8.37. The molecule has 1 N–H and O–H groups in total. The highest BCUT2D eigenvalue weighted by molar-refractivity contribution is 4.86. The second-order valence-electron chi connectivity index (χ2n) is 8.17. The van der Waals surface area contributed by atoms with Crippen molar-refractivity contribution in [3.8, 4) is 0 Å². The molecule has 1 heteroatoms. The van der Waals surface area contributed by atoms with Crippen molar-refractivity contribution >= 4 is 0 Å². The van der Waals surface area contributed by atoms with E-state index in [1.807, 2.05) is 0 Å². The molecule has 0 amide bonds. The Labute approximate surface area is 121 Å². The van der Waals surface area contributed by atoms with E-state index < -0.39 is 0 Å². The van der Waals surface area contributed by atoms with Crippen LogP contribution in [0.15, 0.2) is 0 Å². The van der Waals surface area contributed by atoms with Crippen LogP contribution in [-0.4, -0.2) is 12.6 Å². The molecule has 1 aliphatic rings. The molecule has 0 radical (unpaired) electrons. The first-order valence-corrected chi connectivity index (χ1v) is 8.58. The summed E-state index contributed by atoms with van der Waals surface area (Å²) in [5.74, 6) is 2.68. The molecule has 0 aromatic heterocycles. The Balaban J connectivity index is 2.48. The summed E-state index contributed by atoms with van der Waals surface area (Å²) in [4.78, 5) is 0. The summed E-state index contributed by atoms with van der Waals surface area (Å²) in [6.45, 7) is 15.4. The minimum Gasteiger partial charge on any atom is -0.314 e. The first kappa shape index (κ1) is 17.0. The van der Waals surface area contributed by atoms with Crippen molar-refractivity contribution in [1.29, 1.82) is 0 Å². The van der Waals surface area contributed by atoms with Crippen LogP contribution in [-0.2, 0) is 0 Å². The van der Waals surface area contributed by atoms with Gasteiger partial charge in [0, 0.05) is 6.04 Å². The molecule has 1 atom stereocenters. The van der Waals surface area contributed by atoms with E-state index in [0.29, 0.717) is 5.41 Å². The number of rotatable bonds is 6. The largest absolute Gasteiger partial charge is 0.314 e. The molecule has 0 bridgehead atoms. The van der Waals surface area contributed by atoms with Gasteiger partial charge in [0.05, 0.1) is 0 Å². The zero-order valence-corrected chi connectivity index (χ0v) is 14.3. The Hall–Kier alpha value is -0.0400. The third kappa shape index (κ3) is 5.85. The lowest BCUT2D eigenvalue weighted by molar-refractivity contribution is 0.127. The summed E-state index contributed by atoms with van der Waals surface area (Å²) >= 11 is 0. The maximum atomic E-state index is 3.82. The molecular weight excluding hydrogens is 230 g/mol. The van der Waals surface area contributed by atoms with Gasteiger partial charge in [-0.2, -0.15) is 0 Å². The van der Waals surface area contributed by atoms with E-state index in [-0.39, 0.29) is 0 Å². The van der Waals surface area contributed by atoms with Crippen molar-refractivity contribution in [2.45, 2.75) is 86.1 Å². The molecule has 1 saturated carbocycles. The SMILES string of the molecule is CCCNC(CC(C)C)C1CCC(C(C)(C)C)CC1. The Morgan fingerprint density at radius 2 is 1.63 bits per heavy atom. The van der Waals surface area contributed by atoms with Gasteiger partial charge in [-0.15, -0.1) is 0 Å². The number of nitrogens with one attached hydrogen (secondary N) is 1. The fourth-order valence-electron chi connectivity index (χ4n) is 3.67. The second-order valence-corrected chi connectivity index (χ2v) is 8.17. The van der Waals surface area contributed by atoms with Gasteiger partial charge in [-0.05, 0) is 68.2 Å². The van der Waals surface area contributed by atoms with E-state index >= 15 is 0 Å². The third-order valence-corrected chi connectivity index (χ3v) is 4.95. The molecule has 0 aromatic carbocycles. The summed E-state index contributed by atoms with van der Waals surface area (Å²) in [5, 5.41) is 3.82. The van der Waals surface area contributed by atoms with Gasteiger partial charge in [0.1, 0.15) is 0 Å². The molecule has 0 spiro atoms. The van der Waals surface area contributed by atoms with Crippen LogP contribution in [0.2, 0.25) is 0 Å². The number of hydrogen-bond acceptors (Lipinski definition) is 1. The first-order chi connectivity index (χ1) is 8.84. The summed E-state index contributed by atoms with van der Waals surface area (Å²) in [6, 6.07) is 0.765. The predicted octanol–water partition coefficient (Wildman–Crippen LogP) is 5.25. The average molecular weight is 268 g/mol. The molecule has 0 aromatic rings. The minimum atomic E-state index is 0.509. The van der Waals surface area contributed by atoms with Gasteiger partial charge in [-0.1, -0.05) is 41.5 Å². The maximum absolute atomic E-state index is 3.82. The van der Waals surface area contributed by atoms with Crippen LogP contribution in [0.5, 0.6) is 0 Å². The Morgan fingerprint density at radius 3 is 2.05 bits per heavy atom. The lowest BCUT2D eigenvalue weighted by Gasteiger charge is -2.40.